The molecule has 0 amide bonds. The molecule has 0 aromatic heterocycles. The lowest BCUT2D eigenvalue weighted by atomic mass is 9.21. The number of halogens is 1. The zero-order valence-electron chi connectivity index (χ0n) is 4.11. The zero-order valence-corrected chi connectivity index (χ0v) is 6.27. The first-order chi connectivity index (χ1) is 2.77. The summed E-state index contributed by atoms with van der Waals surface area (Å²) in [6.45, 7) is 4.19. The van der Waals surface area contributed by atoms with Crippen LogP contribution in [0.1, 0.15) is 0 Å². The molecule has 0 N–H and O–H groups in total. The fourth-order valence-electron chi connectivity index (χ4n) is 0.265. The van der Waals surface area contributed by atoms with Crippen molar-refractivity contribution in [3.8, 4) is 0 Å². The Bertz CT molecular complexity index is 30.0. The maximum absolute atomic E-state index is 2.36. The molecule has 0 saturated carbocycles. The molecule has 6 heavy (non-hydrogen) atoms. The van der Waals surface area contributed by atoms with Gasteiger partial charge in [0.05, 0.1) is 7.17 Å². The van der Waals surface area contributed by atoms with Crippen LogP contribution >= 0.6 is 22.4 Å². The molecule has 0 aliphatic carbocycles. The molecule has 0 saturated heterocycles. The van der Waals surface area contributed by atoms with E-state index in [0.717, 1.165) is 0 Å². The van der Waals surface area contributed by atoms with Gasteiger partial charge in [0.25, 0.3) is 0 Å². The highest BCUT2D eigenvalue weighted by molar-refractivity contribution is 14.1. The van der Waals surface area contributed by atoms with Gasteiger partial charge in [0, 0.05) is 7.06 Å². The molecule has 2 radical (unpaired) electrons. The van der Waals surface area contributed by atoms with Gasteiger partial charge in [0.1, 0.15) is 0 Å². The van der Waals surface area contributed by atoms with Crippen LogP contribution in [-0.2, 0) is 0 Å². The van der Waals surface area contributed by atoms with Crippen LogP contribution in [0.5, 0.6) is 0 Å². The Morgan fingerprint density at radius 2 is 2.17 bits per heavy atom. The molecular weight excluding hydrogens is 183 g/mol. The first-order valence-electron chi connectivity index (χ1n) is 2.04. The Morgan fingerprint density at radius 3 is 2.17 bits per heavy atom. The Morgan fingerprint density at radius 1 is 1.67 bits per heavy atom. The van der Waals surface area contributed by atoms with E-state index in [2.05, 4.69) is 43.4 Å². The van der Waals surface area contributed by atoms with E-state index in [1.165, 1.54) is 0 Å². The predicted molar refractivity (Wildman–Crippen MR) is 43.0 cm³/mol. The van der Waals surface area contributed by atoms with Crippen LogP contribution in [0.4, 0.5) is 0 Å². The minimum absolute atomic E-state index is 0.688. The third-order valence-electron chi connectivity index (χ3n) is 0.458. The molecule has 0 fully saturated rings. The van der Waals surface area contributed by atoms with E-state index in [1.54, 1.807) is 0 Å². The van der Waals surface area contributed by atoms with Crippen molar-refractivity contribution in [2.75, 3.05) is 0 Å². The van der Waals surface area contributed by atoms with Crippen molar-refractivity contribution >= 4 is 41.1 Å². The molecule has 30 valence electrons. The highest BCUT2D eigenvalue weighted by Gasteiger charge is 1.96. The molecule has 0 rings (SSSR count). The summed E-state index contributed by atoms with van der Waals surface area (Å²) in [5.41, 5.74) is 0. The molecule has 0 bridgehead atoms. The van der Waals surface area contributed by atoms with Crippen LogP contribution in [0, 0.1) is 0 Å². The second-order valence-corrected chi connectivity index (χ2v) is 3.17. The van der Waals surface area contributed by atoms with E-state index in [0.29, 0.717) is 4.46 Å². The average molecular weight is 189 g/mol. The first kappa shape index (κ1) is 6.92. The fourth-order valence-corrected chi connectivity index (χ4v) is 0.680. The lowest BCUT2D eigenvalue weighted by Gasteiger charge is -1.85. The maximum Gasteiger partial charge on any atom is 0.165 e. The minimum atomic E-state index is 0.688. The Hall–Kier alpha value is 0.925. The van der Waals surface area contributed by atoms with Gasteiger partial charge in [-0.25, -0.2) is 0 Å². The van der Waals surface area contributed by atoms with Gasteiger partial charge in [0.2, 0.25) is 0 Å². The molecule has 0 spiro atoms. The molecule has 4 heteroatoms. The van der Waals surface area contributed by atoms with Crippen molar-refractivity contribution in [2.24, 2.45) is 0 Å². The standard InChI is InChI=1S/C2H6B3I/c1-3-4-5(2)6/h1-2H3. The highest BCUT2D eigenvalue weighted by atomic mass is 127. The van der Waals surface area contributed by atoms with E-state index < -0.39 is 0 Å². The summed E-state index contributed by atoms with van der Waals surface area (Å²) in [6.07, 6.45) is 0. The van der Waals surface area contributed by atoms with Gasteiger partial charge in [-0.05, 0) is 0 Å². The molecule has 0 aromatic carbocycles. The smallest absolute Gasteiger partial charge is 0.162 e. The summed E-state index contributed by atoms with van der Waals surface area (Å²) in [4.78, 5) is 0. The van der Waals surface area contributed by atoms with Gasteiger partial charge in [-0.2, -0.15) is 22.4 Å². The molecule has 0 heterocycles. The van der Waals surface area contributed by atoms with Gasteiger partial charge in [-0.3, -0.25) is 0 Å². The summed E-state index contributed by atoms with van der Waals surface area (Å²) in [7, 11) is 4.22. The van der Waals surface area contributed by atoms with Crippen molar-refractivity contribution < 1.29 is 0 Å². The van der Waals surface area contributed by atoms with Crippen molar-refractivity contribution in [2.45, 2.75) is 13.6 Å². The second kappa shape index (κ2) is 4.09. The summed E-state index contributed by atoms with van der Waals surface area (Å²) >= 11 is 2.36. The van der Waals surface area contributed by atoms with E-state index >= 15 is 0 Å². The van der Waals surface area contributed by atoms with E-state index in [4.69, 9.17) is 0 Å². The topological polar surface area (TPSA) is 0 Å². The van der Waals surface area contributed by atoms with Gasteiger partial charge in [-0.1, -0.05) is 6.82 Å². The van der Waals surface area contributed by atoms with Gasteiger partial charge in [-0.15, -0.1) is 6.82 Å². The zero-order chi connectivity index (χ0) is 4.99. The number of hydrogen-bond acceptors (Lipinski definition) is 0. The van der Waals surface area contributed by atoms with E-state index in [-0.39, 0.29) is 0 Å². The van der Waals surface area contributed by atoms with Gasteiger partial charge < -0.3 is 0 Å². The fraction of sp³-hybridized carbons (Fsp3) is 1.00. The SMILES string of the molecule is C[B][B]B(C)I. The molecule has 0 aliphatic heterocycles. The normalized spacial score (nSPS) is 7.17. The monoisotopic (exact) mass is 190 g/mol. The van der Waals surface area contributed by atoms with E-state index in [1.807, 2.05) is 6.82 Å². The first-order valence-corrected chi connectivity index (χ1v) is 3.29. The molecule has 0 atom stereocenters. The third-order valence-corrected chi connectivity index (χ3v) is 0.873. The second-order valence-electron chi connectivity index (χ2n) is 1.20. The van der Waals surface area contributed by atoms with Crippen LogP contribution in [0.25, 0.3) is 0 Å². The largest absolute Gasteiger partial charge is 0.165 e. The Balaban J connectivity index is 2.63. The van der Waals surface area contributed by atoms with Crippen LogP contribution < -0.4 is 0 Å². The molecule has 0 unspecified atom stereocenters. The lowest BCUT2D eigenvalue weighted by Crippen LogP contribution is -2.13. The minimum Gasteiger partial charge on any atom is -0.162 e. The van der Waals surface area contributed by atoms with Gasteiger partial charge in [0.15, 0.2) is 4.46 Å². The molecule has 0 aliphatic rings. The van der Waals surface area contributed by atoms with Crippen LogP contribution in [0.15, 0.2) is 0 Å². The van der Waals surface area contributed by atoms with Crippen molar-refractivity contribution in [3.63, 3.8) is 0 Å². The summed E-state index contributed by atoms with van der Waals surface area (Å²) < 4.78 is 0.688. The molecular formula is C2H6B3I. The number of hydrogen-bond donors (Lipinski definition) is 0. The average Bonchev–Trinajstić information content (AvgIpc) is 1.35. The number of rotatable bonds is 2. The highest BCUT2D eigenvalue weighted by Crippen LogP contribution is 1.86. The third kappa shape index (κ3) is 4.92. The quantitative estimate of drug-likeness (QED) is 0.447. The van der Waals surface area contributed by atoms with Crippen molar-refractivity contribution in [3.05, 3.63) is 0 Å². The summed E-state index contributed by atoms with van der Waals surface area (Å²) in [5.74, 6) is 0. The molecule has 0 nitrogen and oxygen atoms in total. The lowest BCUT2D eigenvalue weighted by molar-refractivity contribution is 2.34. The Labute approximate surface area is 54.9 Å². The van der Waals surface area contributed by atoms with E-state index in [9.17, 15) is 0 Å². The molecule has 0 aromatic rings. The van der Waals surface area contributed by atoms with Crippen LogP contribution in [-0.4, -0.2) is 18.7 Å². The van der Waals surface area contributed by atoms with Crippen LogP contribution in [0.3, 0.4) is 0 Å². The van der Waals surface area contributed by atoms with Gasteiger partial charge >= 0.3 is 0 Å². The maximum atomic E-state index is 2.36. The van der Waals surface area contributed by atoms with Crippen molar-refractivity contribution in [1.82, 2.24) is 0 Å². The summed E-state index contributed by atoms with van der Waals surface area (Å²) in [6, 6.07) is 0. The van der Waals surface area contributed by atoms with Crippen molar-refractivity contribution in [1.29, 1.82) is 0 Å². The Kier molecular flexibility index (Phi) is 4.72. The summed E-state index contributed by atoms with van der Waals surface area (Å²) in [5, 5.41) is 0. The predicted octanol–water partition coefficient (Wildman–Crippen LogP) is 0.911. The van der Waals surface area contributed by atoms with Crippen LogP contribution in [0.2, 0.25) is 13.6 Å².